The largest absolute Gasteiger partial charge is 0.388 e. The molecule has 0 heterocycles. The molecule has 0 bridgehead atoms. The van der Waals surface area contributed by atoms with Crippen molar-refractivity contribution >= 4 is 6.03 Å². The van der Waals surface area contributed by atoms with Crippen LogP contribution in [0.15, 0.2) is 0 Å². The van der Waals surface area contributed by atoms with Crippen molar-refractivity contribution in [2.45, 2.75) is 39.7 Å². The van der Waals surface area contributed by atoms with Crippen LogP contribution in [0.1, 0.15) is 34.1 Å². The third kappa shape index (κ3) is 7.99. The van der Waals surface area contributed by atoms with Crippen LogP contribution in [-0.2, 0) is 4.74 Å². The van der Waals surface area contributed by atoms with Gasteiger partial charge in [0.05, 0.1) is 5.60 Å². The molecule has 2 amide bonds. The molecule has 102 valence electrons. The van der Waals surface area contributed by atoms with Gasteiger partial charge in [0.1, 0.15) is 0 Å². The summed E-state index contributed by atoms with van der Waals surface area (Å²) in [6.45, 7) is 9.67. The van der Waals surface area contributed by atoms with Crippen LogP contribution in [0.25, 0.3) is 0 Å². The van der Waals surface area contributed by atoms with Crippen LogP contribution in [0.2, 0.25) is 0 Å². The number of hydrogen-bond acceptors (Lipinski definition) is 3. The molecule has 17 heavy (non-hydrogen) atoms. The number of urea groups is 1. The number of rotatable bonds is 8. The van der Waals surface area contributed by atoms with Crippen molar-refractivity contribution in [3.8, 4) is 0 Å². The normalized spacial score (nSPS) is 14.5. The van der Waals surface area contributed by atoms with Crippen molar-refractivity contribution in [1.29, 1.82) is 0 Å². The van der Waals surface area contributed by atoms with Crippen molar-refractivity contribution in [1.82, 2.24) is 10.6 Å². The molecular weight excluding hydrogens is 220 g/mol. The van der Waals surface area contributed by atoms with E-state index in [0.29, 0.717) is 19.8 Å². The molecule has 0 aromatic rings. The summed E-state index contributed by atoms with van der Waals surface area (Å²) in [5.74, 6) is 0.0979. The van der Waals surface area contributed by atoms with Gasteiger partial charge in [0.2, 0.25) is 0 Å². The second kappa shape index (κ2) is 8.31. The summed E-state index contributed by atoms with van der Waals surface area (Å²) in [5.41, 5.74) is -0.872. The molecule has 0 aliphatic heterocycles. The first-order valence-electron chi connectivity index (χ1n) is 6.22. The fourth-order valence-corrected chi connectivity index (χ4v) is 1.05. The van der Waals surface area contributed by atoms with Crippen LogP contribution in [-0.4, -0.2) is 43.0 Å². The first-order chi connectivity index (χ1) is 7.90. The number of nitrogens with one attached hydrogen (secondary N) is 2. The Balaban J connectivity index is 3.60. The van der Waals surface area contributed by atoms with Crippen LogP contribution in [0, 0.1) is 5.92 Å². The van der Waals surface area contributed by atoms with Crippen molar-refractivity contribution in [3.05, 3.63) is 0 Å². The van der Waals surface area contributed by atoms with Gasteiger partial charge in [-0.1, -0.05) is 13.8 Å². The molecule has 5 heteroatoms. The number of carbonyl (C=O) groups is 1. The quantitative estimate of drug-likeness (QED) is 0.562. The van der Waals surface area contributed by atoms with E-state index in [4.69, 9.17) is 4.74 Å². The number of ether oxygens (including phenoxy) is 1. The highest BCUT2D eigenvalue weighted by molar-refractivity contribution is 5.73. The monoisotopic (exact) mass is 246 g/mol. The molecular formula is C12H26N2O3. The molecule has 5 nitrogen and oxygen atoms in total. The molecule has 0 saturated heterocycles. The third-order valence-electron chi connectivity index (χ3n) is 2.81. The highest BCUT2D eigenvalue weighted by atomic mass is 16.5. The van der Waals surface area contributed by atoms with E-state index in [1.54, 1.807) is 6.92 Å². The zero-order valence-electron chi connectivity index (χ0n) is 11.4. The highest BCUT2D eigenvalue weighted by Gasteiger charge is 2.25. The molecule has 0 spiro atoms. The van der Waals surface area contributed by atoms with Gasteiger partial charge in [-0.05, 0) is 26.2 Å². The Morgan fingerprint density at radius 3 is 2.59 bits per heavy atom. The summed E-state index contributed by atoms with van der Waals surface area (Å²) in [6, 6.07) is -0.248. The van der Waals surface area contributed by atoms with Gasteiger partial charge < -0.3 is 20.5 Å². The molecule has 0 radical (unpaired) electrons. The number of amides is 2. The van der Waals surface area contributed by atoms with Crippen LogP contribution >= 0.6 is 0 Å². The van der Waals surface area contributed by atoms with Crippen molar-refractivity contribution in [2.75, 3.05) is 26.3 Å². The third-order valence-corrected chi connectivity index (χ3v) is 2.81. The van der Waals surface area contributed by atoms with E-state index in [-0.39, 0.29) is 18.5 Å². The summed E-state index contributed by atoms with van der Waals surface area (Å²) < 4.78 is 5.15. The van der Waals surface area contributed by atoms with Crippen molar-refractivity contribution in [3.63, 3.8) is 0 Å². The second-order valence-electron chi connectivity index (χ2n) is 4.67. The van der Waals surface area contributed by atoms with Gasteiger partial charge in [0.25, 0.3) is 0 Å². The Morgan fingerprint density at radius 1 is 1.41 bits per heavy atom. The molecule has 1 unspecified atom stereocenters. The van der Waals surface area contributed by atoms with Gasteiger partial charge in [0.15, 0.2) is 0 Å². The predicted octanol–water partition coefficient (Wildman–Crippen LogP) is 1.12. The van der Waals surface area contributed by atoms with Gasteiger partial charge in [0, 0.05) is 26.3 Å². The first kappa shape index (κ1) is 16.2. The number of carbonyl (C=O) groups excluding carboxylic acids is 1. The zero-order chi connectivity index (χ0) is 13.3. The summed E-state index contributed by atoms with van der Waals surface area (Å²) in [6.07, 6.45) is 0.793. The maximum atomic E-state index is 11.4. The SMILES string of the molecule is CCOCCCNC(=O)NCC(C)(O)C(C)C. The molecule has 0 fully saturated rings. The van der Waals surface area contributed by atoms with E-state index in [0.717, 1.165) is 6.42 Å². The maximum Gasteiger partial charge on any atom is 0.314 e. The summed E-state index contributed by atoms with van der Waals surface area (Å²) in [4.78, 5) is 11.4. The molecule has 0 rings (SSSR count). The number of hydrogen-bond donors (Lipinski definition) is 3. The maximum absolute atomic E-state index is 11.4. The van der Waals surface area contributed by atoms with E-state index in [2.05, 4.69) is 10.6 Å². The zero-order valence-corrected chi connectivity index (χ0v) is 11.4. The Bertz CT molecular complexity index is 218. The van der Waals surface area contributed by atoms with Crippen LogP contribution in [0.3, 0.4) is 0 Å². The second-order valence-corrected chi connectivity index (χ2v) is 4.67. The molecule has 0 aliphatic rings. The van der Waals surface area contributed by atoms with E-state index >= 15 is 0 Å². The lowest BCUT2D eigenvalue weighted by molar-refractivity contribution is 0.0166. The minimum atomic E-state index is -0.872. The van der Waals surface area contributed by atoms with Crippen molar-refractivity contribution in [2.24, 2.45) is 5.92 Å². The van der Waals surface area contributed by atoms with E-state index in [1.807, 2.05) is 20.8 Å². The Labute approximate surface area is 104 Å². The summed E-state index contributed by atoms with van der Waals surface area (Å²) in [7, 11) is 0. The van der Waals surface area contributed by atoms with Gasteiger partial charge >= 0.3 is 6.03 Å². The average molecular weight is 246 g/mol. The first-order valence-corrected chi connectivity index (χ1v) is 6.22. The summed E-state index contributed by atoms with van der Waals surface area (Å²) in [5, 5.41) is 15.3. The van der Waals surface area contributed by atoms with Gasteiger partial charge in [-0.3, -0.25) is 0 Å². The van der Waals surface area contributed by atoms with E-state index in [1.165, 1.54) is 0 Å². The highest BCUT2D eigenvalue weighted by Crippen LogP contribution is 2.14. The van der Waals surface area contributed by atoms with E-state index < -0.39 is 5.60 Å². The van der Waals surface area contributed by atoms with Crippen LogP contribution in [0.4, 0.5) is 4.79 Å². The standard InChI is InChI=1S/C12H26N2O3/c1-5-17-8-6-7-13-11(15)14-9-12(4,16)10(2)3/h10,16H,5-9H2,1-4H3,(H2,13,14,15). The number of aliphatic hydroxyl groups is 1. The molecule has 0 aromatic heterocycles. The average Bonchev–Trinajstić information content (AvgIpc) is 2.26. The van der Waals surface area contributed by atoms with Gasteiger partial charge in [-0.2, -0.15) is 0 Å². The van der Waals surface area contributed by atoms with Crippen LogP contribution < -0.4 is 10.6 Å². The lowest BCUT2D eigenvalue weighted by atomic mass is 9.93. The lowest BCUT2D eigenvalue weighted by Crippen LogP contribution is -2.47. The molecule has 0 aliphatic carbocycles. The molecule has 1 atom stereocenters. The van der Waals surface area contributed by atoms with Gasteiger partial charge in [-0.25, -0.2) is 4.79 Å². The fourth-order valence-electron chi connectivity index (χ4n) is 1.05. The molecule has 3 N–H and O–H groups in total. The Kier molecular flexibility index (Phi) is 7.91. The van der Waals surface area contributed by atoms with Crippen molar-refractivity contribution < 1.29 is 14.6 Å². The topological polar surface area (TPSA) is 70.6 Å². The lowest BCUT2D eigenvalue weighted by Gasteiger charge is -2.27. The molecule has 0 saturated carbocycles. The van der Waals surface area contributed by atoms with Crippen LogP contribution in [0.5, 0.6) is 0 Å². The summed E-state index contributed by atoms with van der Waals surface area (Å²) >= 11 is 0. The predicted molar refractivity (Wildman–Crippen MR) is 68.0 cm³/mol. The minimum Gasteiger partial charge on any atom is -0.388 e. The Morgan fingerprint density at radius 2 is 2.06 bits per heavy atom. The smallest absolute Gasteiger partial charge is 0.314 e. The van der Waals surface area contributed by atoms with Gasteiger partial charge in [-0.15, -0.1) is 0 Å². The Hall–Kier alpha value is -0.810. The van der Waals surface area contributed by atoms with E-state index in [9.17, 15) is 9.90 Å². The minimum absolute atomic E-state index is 0.0979. The molecule has 0 aromatic carbocycles. The fraction of sp³-hybridized carbons (Fsp3) is 0.917.